The summed E-state index contributed by atoms with van der Waals surface area (Å²) in [5.74, 6) is 0.900. The molecule has 1 aromatic heterocycles. The quantitative estimate of drug-likeness (QED) is 0.753. The first kappa shape index (κ1) is 15.3. The summed E-state index contributed by atoms with van der Waals surface area (Å²) in [5.41, 5.74) is 11.8. The van der Waals surface area contributed by atoms with E-state index < -0.39 is 0 Å². The summed E-state index contributed by atoms with van der Waals surface area (Å²) in [5, 5.41) is 1.34. The van der Waals surface area contributed by atoms with Crippen molar-refractivity contribution in [2.45, 2.75) is 37.6 Å². The number of ether oxygens (including phenoxy) is 1. The number of rotatable bonds is 4. The molecule has 0 amide bonds. The average molecular weight is 320 g/mol. The summed E-state index contributed by atoms with van der Waals surface area (Å²) in [4.78, 5) is 3.62. The van der Waals surface area contributed by atoms with Gasteiger partial charge in [-0.2, -0.15) is 0 Å². The zero-order valence-corrected chi connectivity index (χ0v) is 14.1. The SMILES string of the molecule is COc1ccc(CCC2(N)CCCc3c2[nH]c2ccccc32)cc1. The number of nitrogens with one attached hydrogen (secondary N) is 1. The Balaban J connectivity index is 1.61. The predicted octanol–water partition coefficient (Wildman–Crippen LogP) is 4.30. The molecule has 1 heterocycles. The number of H-pyrrole nitrogens is 1. The van der Waals surface area contributed by atoms with Crippen LogP contribution in [0.3, 0.4) is 0 Å². The van der Waals surface area contributed by atoms with Crippen molar-refractivity contribution in [3.63, 3.8) is 0 Å². The molecule has 3 aromatic rings. The molecule has 2 aromatic carbocycles. The van der Waals surface area contributed by atoms with Gasteiger partial charge < -0.3 is 15.5 Å². The van der Waals surface area contributed by atoms with E-state index in [0.717, 1.165) is 37.9 Å². The Kier molecular flexibility index (Phi) is 3.81. The largest absolute Gasteiger partial charge is 0.497 e. The van der Waals surface area contributed by atoms with E-state index in [2.05, 4.69) is 41.4 Å². The van der Waals surface area contributed by atoms with Gasteiger partial charge in [0.15, 0.2) is 0 Å². The number of aryl methyl sites for hydroxylation is 2. The lowest BCUT2D eigenvalue weighted by Crippen LogP contribution is -2.40. The van der Waals surface area contributed by atoms with E-state index in [-0.39, 0.29) is 5.54 Å². The van der Waals surface area contributed by atoms with Crippen molar-refractivity contribution < 1.29 is 4.74 Å². The first-order valence-electron chi connectivity index (χ1n) is 8.71. The van der Waals surface area contributed by atoms with Crippen molar-refractivity contribution in [1.82, 2.24) is 4.98 Å². The Morgan fingerprint density at radius 3 is 2.71 bits per heavy atom. The minimum Gasteiger partial charge on any atom is -0.497 e. The molecule has 0 aliphatic heterocycles. The van der Waals surface area contributed by atoms with Gasteiger partial charge in [-0.05, 0) is 61.4 Å². The fourth-order valence-corrected chi connectivity index (χ4v) is 4.00. The maximum Gasteiger partial charge on any atom is 0.118 e. The van der Waals surface area contributed by atoms with E-state index in [9.17, 15) is 0 Å². The summed E-state index contributed by atoms with van der Waals surface area (Å²) in [6.07, 6.45) is 5.27. The molecule has 1 aliphatic rings. The minimum atomic E-state index is -0.257. The molecule has 3 heteroatoms. The van der Waals surface area contributed by atoms with Crippen molar-refractivity contribution in [3.8, 4) is 5.75 Å². The molecule has 0 radical (unpaired) electrons. The monoisotopic (exact) mass is 320 g/mol. The molecular weight excluding hydrogens is 296 g/mol. The lowest BCUT2D eigenvalue weighted by Gasteiger charge is -2.34. The molecule has 1 unspecified atom stereocenters. The van der Waals surface area contributed by atoms with Gasteiger partial charge in [-0.1, -0.05) is 30.3 Å². The van der Waals surface area contributed by atoms with Crippen LogP contribution in [-0.4, -0.2) is 12.1 Å². The van der Waals surface area contributed by atoms with Crippen molar-refractivity contribution in [2.24, 2.45) is 5.73 Å². The van der Waals surface area contributed by atoms with Crippen LogP contribution in [0.4, 0.5) is 0 Å². The van der Waals surface area contributed by atoms with Gasteiger partial charge in [0.2, 0.25) is 0 Å². The molecule has 24 heavy (non-hydrogen) atoms. The number of aromatic nitrogens is 1. The number of para-hydroxylation sites is 1. The van der Waals surface area contributed by atoms with Gasteiger partial charge in [0, 0.05) is 16.6 Å². The van der Waals surface area contributed by atoms with Crippen LogP contribution < -0.4 is 10.5 Å². The number of aromatic amines is 1. The van der Waals surface area contributed by atoms with Gasteiger partial charge in [-0.15, -0.1) is 0 Å². The highest BCUT2D eigenvalue weighted by molar-refractivity contribution is 5.85. The summed E-state index contributed by atoms with van der Waals surface area (Å²) in [6.45, 7) is 0. The van der Waals surface area contributed by atoms with Crippen molar-refractivity contribution in [3.05, 3.63) is 65.4 Å². The molecule has 1 aliphatic carbocycles. The number of nitrogens with two attached hydrogens (primary N) is 1. The number of hydrogen-bond acceptors (Lipinski definition) is 2. The third kappa shape index (κ3) is 2.59. The van der Waals surface area contributed by atoms with Gasteiger partial charge in [0.05, 0.1) is 12.6 Å². The van der Waals surface area contributed by atoms with Crippen molar-refractivity contribution >= 4 is 10.9 Å². The summed E-state index contributed by atoms with van der Waals surface area (Å²) in [6, 6.07) is 16.9. The number of benzene rings is 2. The Bertz CT molecular complexity index is 850. The lowest BCUT2D eigenvalue weighted by molar-refractivity contribution is 0.339. The van der Waals surface area contributed by atoms with E-state index in [4.69, 9.17) is 10.5 Å². The van der Waals surface area contributed by atoms with Crippen LogP contribution in [0, 0.1) is 0 Å². The summed E-state index contributed by atoms with van der Waals surface area (Å²) < 4.78 is 5.23. The molecule has 0 saturated carbocycles. The van der Waals surface area contributed by atoms with Crippen molar-refractivity contribution in [1.29, 1.82) is 0 Å². The standard InChI is InChI=1S/C21H24N2O/c1-24-16-10-8-15(9-11-16)12-14-21(22)13-4-6-18-17-5-2-3-7-19(17)23-20(18)21/h2-3,5,7-11,23H,4,6,12-14,22H2,1H3. The maximum atomic E-state index is 6.88. The second-order valence-corrected chi connectivity index (χ2v) is 6.88. The Hall–Kier alpha value is -2.26. The first-order chi connectivity index (χ1) is 11.7. The highest BCUT2D eigenvalue weighted by Crippen LogP contribution is 2.39. The fourth-order valence-electron chi connectivity index (χ4n) is 4.00. The zero-order valence-electron chi connectivity index (χ0n) is 14.1. The zero-order chi connectivity index (χ0) is 16.6. The van der Waals surface area contributed by atoms with Crippen LogP contribution in [0.5, 0.6) is 5.75 Å². The second kappa shape index (κ2) is 5.99. The Labute approximate surface area is 142 Å². The third-order valence-electron chi connectivity index (χ3n) is 5.38. The maximum absolute atomic E-state index is 6.88. The van der Waals surface area contributed by atoms with Gasteiger partial charge in [-0.3, -0.25) is 0 Å². The normalized spacial score (nSPS) is 20.1. The van der Waals surface area contributed by atoms with Gasteiger partial charge in [0.25, 0.3) is 0 Å². The molecule has 0 spiro atoms. The molecule has 0 saturated heterocycles. The minimum absolute atomic E-state index is 0.257. The van der Waals surface area contributed by atoms with Crippen LogP contribution in [-0.2, 0) is 18.4 Å². The third-order valence-corrected chi connectivity index (χ3v) is 5.38. The summed E-state index contributed by atoms with van der Waals surface area (Å²) in [7, 11) is 1.70. The molecule has 4 rings (SSSR count). The van der Waals surface area contributed by atoms with E-state index >= 15 is 0 Å². The van der Waals surface area contributed by atoms with Crippen LogP contribution in [0.2, 0.25) is 0 Å². The van der Waals surface area contributed by atoms with Crippen LogP contribution >= 0.6 is 0 Å². The van der Waals surface area contributed by atoms with E-state index in [1.54, 1.807) is 7.11 Å². The van der Waals surface area contributed by atoms with Gasteiger partial charge in [-0.25, -0.2) is 0 Å². The molecule has 3 N–H and O–H groups in total. The van der Waals surface area contributed by atoms with Gasteiger partial charge in [0.1, 0.15) is 5.75 Å². The van der Waals surface area contributed by atoms with Gasteiger partial charge >= 0.3 is 0 Å². The average Bonchev–Trinajstić information content (AvgIpc) is 3.01. The summed E-state index contributed by atoms with van der Waals surface area (Å²) >= 11 is 0. The first-order valence-corrected chi connectivity index (χ1v) is 8.71. The lowest BCUT2D eigenvalue weighted by atomic mass is 9.77. The molecule has 1 atom stereocenters. The smallest absolute Gasteiger partial charge is 0.118 e. The molecular formula is C21H24N2O. The highest BCUT2D eigenvalue weighted by atomic mass is 16.5. The van der Waals surface area contributed by atoms with Crippen LogP contribution in [0.1, 0.15) is 36.1 Å². The van der Waals surface area contributed by atoms with Crippen LogP contribution in [0.25, 0.3) is 10.9 Å². The fraction of sp³-hybridized carbons (Fsp3) is 0.333. The predicted molar refractivity (Wildman–Crippen MR) is 98.4 cm³/mol. The molecule has 0 bridgehead atoms. The number of hydrogen-bond donors (Lipinski definition) is 2. The number of fused-ring (bicyclic) bond motifs is 3. The van der Waals surface area contributed by atoms with E-state index in [1.807, 2.05) is 12.1 Å². The van der Waals surface area contributed by atoms with E-state index in [0.29, 0.717) is 0 Å². The van der Waals surface area contributed by atoms with E-state index in [1.165, 1.54) is 27.7 Å². The molecule has 124 valence electrons. The molecule has 3 nitrogen and oxygen atoms in total. The second-order valence-electron chi connectivity index (χ2n) is 6.88. The molecule has 0 fully saturated rings. The highest BCUT2D eigenvalue weighted by Gasteiger charge is 2.34. The Morgan fingerprint density at radius 1 is 1.12 bits per heavy atom. The van der Waals surface area contributed by atoms with Crippen molar-refractivity contribution in [2.75, 3.05) is 7.11 Å². The Morgan fingerprint density at radius 2 is 1.92 bits per heavy atom. The van der Waals surface area contributed by atoms with Crippen LogP contribution in [0.15, 0.2) is 48.5 Å². The topological polar surface area (TPSA) is 51.0 Å². The number of methoxy groups -OCH3 is 1.